The zero-order valence-corrected chi connectivity index (χ0v) is 12.8. The van der Waals surface area contributed by atoms with Crippen molar-refractivity contribution in [3.8, 4) is 6.07 Å². The van der Waals surface area contributed by atoms with E-state index in [2.05, 4.69) is 38.3 Å². The van der Waals surface area contributed by atoms with E-state index in [9.17, 15) is 0 Å². The first-order valence-electron chi connectivity index (χ1n) is 7.44. The highest BCUT2D eigenvalue weighted by molar-refractivity contribution is 5.77. The zero-order chi connectivity index (χ0) is 14.7. The monoisotopic (exact) mass is 269 g/mol. The number of rotatable bonds is 5. The molecule has 0 saturated carbocycles. The Morgan fingerprint density at radius 1 is 1.30 bits per heavy atom. The first-order valence-corrected chi connectivity index (χ1v) is 7.44. The van der Waals surface area contributed by atoms with Crippen molar-refractivity contribution in [2.45, 2.75) is 47.1 Å². The summed E-state index contributed by atoms with van der Waals surface area (Å²) in [6, 6.07) is 8.00. The molecule has 1 atom stereocenters. The van der Waals surface area contributed by atoms with Crippen molar-refractivity contribution in [3.05, 3.63) is 29.6 Å². The SMILES string of the molecule is CCC(C)Cc1nc2cc(C#N)ccc2n1CC(C)C. The average molecular weight is 269 g/mol. The number of hydrogen-bond acceptors (Lipinski definition) is 2. The minimum Gasteiger partial charge on any atom is -0.328 e. The molecule has 0 fully saturated rings. The molecule has 0 spiro atoms. The van der Waals surface area contributed by atoms with Gasteiger partial charge in [0.1, 0.15) is 5.82 Å². The molecule has 0 aliphatic heterocycles. The van der Waals surface area contributed by atoms with Crippen LogP contribution in [0, 0.1) is 23.2 Å². The molecule has 3 heteroatoms. The predicted molar refractivity (Wildman–Crippen MR) is 82.4 cm³/mol. The quantitative estimate of drug-likeness (QED) is 0.818. The predicted octanol–water partition coefficient (Wildman–Crippen LogP) is 4.15. The second-order valence-electron chi connectivity index (χ2n) is 6.07. The lowest BCUT2D eigenvalue weighted by atomic mass is 10.0. The maximum atomic E-state index is 9.02. The van der Waals surface area contributed by atoms with E-state index in [0.29, 0.717) is 17.4 Å². The van der Waals surface area contributed by atoms with Crippen LogP contribution in [0.4, 0.5) is 0 Å². The number of nitrogens with zero attached hydrogens (tertiary/aromatic N) is 3. The molecule has 1 aromatic carbocycles. The lowest BCUT2D eigenvalue weighted by molar-refractivity contribution is 0.482. The lowest BCUT2D eigenvalue weighted by Gasteiger charge is -2.14. The third-order valence-electron chi connectivity index (χ3n) is 3.73. The van der Waals surface area contributed by atoms with Crippen molar-refractivity contribution >= 4 is 11.0 Å². The molecule has 2 aromatic rings. The highest BCUT2D eigenvalue weighted by atomic mass is 15.1. The van der Waals surface area contributed by atoms with E-state index in [1.807, 2.05) is 18.2 Å². The standard InChI is InChI=1S/C17H23N3/c1-5-13(4)8-17-19-15-9-14(10-18)6-7-16(15)20(17)11-12(2)3/h6-7,9,12-13H,5,8,11H2,1-4H3. The Morgan fingerprint density at radius 2 is 2.05 bits per heavy atom. The number of aromatic nitrogens is 2. The van der Waals surface area contributed by atoms with Crippen LogP contribution in [0.3, 0.4) is 0 Å². The van der Waals surface area contributed by atoms with Crippen LogP contribution >= 0.6 is 0 Å². The topological polar surface area (TPSA) is 41.6 Å². The fourth-order valence-electron chi connectivity index (χ4n) is 2.43. The van der Waals surface area contributed by atoms with E-state index in [-0.39, 0.29) is 0 Å². The Kier molecular flexibility index (Phi) is 4.44. The third kappa shape index (κ3) is 3.01. The van der Waals surface area contributed by atoms with E-state index in [4.69, 9.17) is 10.2 Å². The molecule has 0 amide bonds. The second kappa shape index (κ2) is 6.09. The first-order chi connectivity index (χ1) is 9.55. The minimum atomic E-state index is 0.582. The maximum absolute atomic E-state index is 9.02. The van der Waals surface area contributed by atoms with Crippen LogP contribution in [0.5, 0.6) is 0 Å². The van der Waals surface area contributed by atoms with E-state index in [0.717, 1.165) is 36.2 Å². The second-order valence-corrected chi connectivity index (χ2v) is 6.07. The molecule has 0 radical (unpaired) electrons. The molecule has 0 N–H and O–H groups in total. The van der Waals surface area contributed by atoms with Gasteiger partial charge in [-0.3, -0.25) is 0 Å². The summed E-state index contributed by atoms with van der Waals surface area (Å²) in [7, 11) is 0. The fourth-order valence-corrected chi connectivity index (χ4v) is 2.43. The Balaban J connectivity index is 2.50. The van der Waals surface area contributed by atoms with Crippen molar-refractivity contribution in [2.75, 3.05) is 0 Å². The zero-order valence-electron chi connectivity index (χ0n) is 12.8. The smallest absolute Gasteiger partial charge is 0.110 e. The van der Waals surface area contributed by atoms with Gasteiger partial charge in [0.05, 0.1) is 22.7 Å². The van der Waals surface area contributed by atoms with Crippen LogP contribution in [-0.4, -0.2) is 9.55 Å². The van der Waals surface area contributed by atoms with Crippen LogP contribution in [-0.2, 0) is 13.0 Å². The summed E-state index contributed by atoms with van der Waals surface area (Å²) in [5, 5.41) is 9.02. The molecule has 106 valence electrons. The van der Waals surface area contributed by atoms with Crippen molar-refractivity contribution in [3.63, 3.8) is 0 Å². The van der Waals surface area contributed by atoms with Crippen LogP contribution in [0.1, 0.15) is 45.5 Å². The summed E-state index contributed by atoms with van der Waals surface area (Å²) in [5.74, 6) is 2.37. The Labute approximate surface area is 121 Å². The summed E-state index contributed by atoms with van der Waals surface area (Å²) in [6.07, 6.45) is 2.16. The van der Waals surface area contributed by atoms with Gasteiger partial charge in [0.2, 0.25) is 0 Å². The molecular formula is C17H23N3. The number of hydrogen-bond donors (Lipinski definition) is 0. The summed E-state index contributed by atoms with van der Waals surface area (Å²) < 4.78 is 2.33. The Bertz CT molecular complexity index is 631. The van der Waals surface area contributed by atoms with Gasteiger partial charge in [0, 0.05) is 13.0 Å². The Hall–Kier alpha value is -1.82. The average Bonchev–Trinajstić information content (AvgIpc) is 2.75. The van der Waals surface area contributed by atoms with Gasteiger partial charge < -0.3 is 4.57 Å². The summed E-state index contributed by atoms with van der Waals surface area (Å²) in [6.45, 7) is 9.91. The molecule has 1 heterocycles. The van der Waals surface area contributed by atoms with Crippen molar-refractivity contribution in [1.29, 1.82) is 5.26 Å². The molecule has 0 saturated heterocycles. The van der Waals surface area contributed by atoms with Gasteiger partial charge in [-0.15, -0.1) is 0 Å². The van der Waals surface area contributed by atoms with Crippen LogP contribution in [0.2, 0.25) is 0 Å². The fraction of sp³-hybridized carbons (Fsp3) is 0.529. The van der Waals surface area contributed by atoms with E-state index >= 15 is 0 Å². The molecule has 1 aromatic heterocycles. The first kappa shape index (κ1) is 14.6. The number of benzene rings is 1. The minimum absolute atomic E-state index is 0.582. The van der Waals surface area contributed by atoms with Gasteiger partial charge in [-0.05, 0) is 30.0 Å². The highest BCUT2D eigenvalue weighted by Gasteiger charge is 2.14. The lowest BCUT2D eigenvalue weighted by Crippen LogP contribution is -2.11. The van der Waals surface area contributed by atoms with E-state index in [1.54, 1.807) is 0 Å². The van der Waals surface area contributed by atoms with Crippen LogP contribution < -0.4 is 0 Å². The van der Waals surface area contributed by atoms with Crippen molar-refractivity contribution < 1.29 is 0 Å². The van der Waals surface area contributed by atoms with Gasteiger partial charge in [0.25, 0.3) is 0 Å². The summed E-state index contributed by atoms with van der Waals surface area (Å²) in [4.78, 5) is 4.77. The molecule has 20 heavy (non-hydrogen) atoms. The molecule has 1 unspecified atom stereocenters. The maximum Gasteiger partial charge on any atom is 0.110 e. The number of fused-ring (bicyclic) bond motifs is 1. The van der Waals surface area contributed by atoms with Gasteiger partial charge in [-0.2, -0.15) is 5.26 Å². The molecule has 0 aliphatic carbocycles. The normalized spacial score (nSPS) is 12.8. The number of nitriles is 1. The van der Waals surface area contributed by atoms with E-state index < -0.39 is 0 Å². The summed E-state index contributed by atoms with van der Waals surface area (Å²) >= 11 is 0. The third-order valence-corrected chi connectivity index (χ3v) is 3.73. The molecule has 3 nitrogen and oxygen atoms in total. The largest absolute Gasteiger partial charge is 0.328 e. The van der Waals surface area contributed by atoms with Crippen LogP contribution in [0.25, 0.3) is 11.0 Å². The number of imidazole rings is 1. The molecule has 0 bridgehead atoms. The van der Waals surface area contributed by atoms with Crippen LogP contribution in [0.15, 0.2) is 18.2 Å². The van der Waals surface area contributed by atoms with Gasteiger partial charge in [-0.1, -0.05) is 34.1 Å². The van der Waals surface area contributed by atoms with E-state index in [1.165, 1.54) is 0 Å². The Morgan fingerprint density at radius 3 is 2.65 bits per heavy atom. The molecular weight excluding hydrogens is 246 g/mol. The van der Waals surface area contributed by atoms with Crippen molar-refractivity contribution in [2.24, 2.45) is 11.8 Å². The highest BCUT2D eigenvalue weighted by Crippen LogP contribution is 2.22. The van der Waals surface area contributed by atoms with Crippen molar-refractivity contribution in [1.82, 2.24) is 9.55 Å². The summed E-state index contributed by atoms with van der Waals surface area (Å²) in [5.41, 5.74) is 2.78. The molecule has 0 aliphatic rings. The van der Waals surface area contributed by atoms with Gasteiger partial charge >= 0.3 is 0 Å². The van der Waals surface area contributed by atoms with Gasteiger partial charge in [-0.25, -0.2) is 4.98 Å². The molecule has 2 rings (SSSR count). The van der Waals surface area contributed by atoms with Gasteiger partial charge in [0.15, 0.2) is 0 Å².